The summed E-state index contributed by atoms with van der Waals surface area (Å²) in [4.78, 5) is 2.40. The van der Waals surface area contributed by atoms with E-state index in [1.807, 2.05) is 13.0 Å². The third-order valence-corrected chi connectivity index (χ3v) is 4.73. The van der Waals surface area contributed by atoms with Gasteiger partial charge in [-0.1, -0.05) is 48.5 Å². The fourth-order valence-corrected chi connectivity index (χ4v) is 3.25. The van der Waals surface area contributed by atoms with E-state index >= 15 is 0 Å². The summed E-state index contributed by atoms with van der Waals surface area (Å²) < 4.78 is 0. The SMILES string of the molecule is C=C(C)NCc1ccc(CN2CCc3c(ccc(Cl)c3O)C2)cc1. The molecular weight excluding hydrogens is 320 g/mol. The van der Waals surface area contributed by atoms with Crippen LogP contribution in [0.4, 0.5) is 0 Å². The number of phenolic OH excluding ortho intramolecular Hbond substituents is 1. The number of phenols is 1. The molecule has 0 aromatic heterocycles. The summed E-state index contributed by atoms with van der Waals surface area (Å²) in [6, 6.07) is 12.5. The van der Waals surface area contributed by atoms with Crippen molar-refractivity contribution in [1.29, 1.82) is 0 Å². The molecule has 1 heterocycles. The summed E-state index contributed by atoms with van der Waals surface area (Å²) in [6.45, 7) is 9.32. The second-order valence-electron chi connectivity index (χ2n) is 6.44. The van der Waals surface area contributed by atoms with Crippen molar-refractivity contribution in [1.82, 2.24) is 10.2 Å². The van der Waals surface area contributed by atoms with Crippen LogP contribution < -0.4 is 5.32 Å². The maximum absolute atomic E-state index is 10.1. The van der Waals surface area contributed by atoms with Gasteiger partial charge in [0, 0.05) is 37.4 Å². The van der Waals surface area contributed by atoms with E-state index in [1.165, 1.54) is 16.7 Å². The third kappa shape index (κ3) is 3.92. The first-order valence-electron chi connectivity index (χ1n) is 8.21. The molecule has 1 aliphatic rings. The van der Waals surface area contributed by atoms with Crippen LogP contribution in [0.25, 0.3) is 0 Å². The Morgan fingerprint density at radius 1 is 1.21 bits per heavy atom. The molecule has 4 heteroatoms. The van der Waals surface area contributed by atoms with Crippen molar-refractivity contribution in [2.45, 2.75) is 33.0 Å². The topological polar surface area (TPSA) is 35.5 Å². The molecule has 2 aromatic rings. The molecular formula is C20H23ClN2O. The zero-order valence-electron chi connectivity index (χ0n) is 14.0. The number of fused-ring (bicyclic) bond motifs is 1. The molecule has 0 radical (unpaired) electrons. The van der Waals surface area contributed by atoms with Crippen LogP contribution in [-0.2, 0) is 26.1 Å². The van der Waals surface area contributed by atoms with Gasteiger partial charge in [-0.25, -0.2) is 0 Å². The number of hydrogen-bond acceptors (Lipinski definition) is 3. The Morgan fingerprint density at radius 3 is 2.62 bits per heavy atom. The summed E-state index contributed by atoms with van der Waals surface area (Å²) in [7, 11) is 0. The Hall–Kier alpha value is -1.97. The maximum Gasteiger partial charge on any atom is 0.137 e. The molecule has 0 saturated carbocycles. The molecule has 0 spiro atoms. The van der Waals surface area contributed by atoms with E-state index in [1.54, 1.807) is 6.07 Å². The van der Waals surface area contributed by atoms with Gasteiger partial charge in [0.15, 0.2) is 0 Å². The minimum absolute atomic E-state index is 0.253. The van der Waals surface area contributed by atoms with Gasteiger partial charge in [-0.3, -0.25) is 4.90 Å². The Morgan fingerprint density at radius 2 is 1.92 bits per heavy atom. The van der Waals surface area contributed by atoms with Gasteiger partial charge in [0.05, 0.1) is 5.02 Å². The quantitative estimate of drug-likeness (QED) is 0.853. The molecule has 0 saturated heterocycles. The predicted octanol–water partition coefficient (Wildman–Crippen LogP) is 4.23. The summed E-state index contributed by atoms with van der Waals surface area (Å²) >= 11 is 6.00. The lowest BCUT2D eigenvalue weighted by Gasteiger charge is -2.29. The number of hydrogen-bond donors (Lipinski definition) is 2. The predicted molar refractivity (Wildman–Crippen MR) is 99.0 cm³/mol. The average molecular weight is 343 g/mol. The van der Waals surface area contributed by atoms with Gasteiger partial charge in [0.25, 0.3) is 0 Å². The lowest BCUT2D eigenvalue weighted by Crippen LogP contribution is -2.30. The van der Waals surface area contributed by atoms with Crippen LogP contribution in [-0.4, -0.2) is 16.6 Å². The molecule has 0 aliphatic carbocycles. The maximum atomic E-state index is 10.1. The third-order valence-electron chi connectivity index (χ3n) is 4.43. The van der Waals surface area contributed by atoms with Gasteiger partial charge in [-0.15, -0.1) is 0 Å². The standard InChI is InChI=1S/C20H23ClN2O/c1-14(2)22-11-15-3-5-16(6-4-15)12-23-10-9-18-17(13-23)7-8-19(21)20(18)24/h3-8,22,24H,1,9-13H2,2H3. The average Bonchev–Trinajstić information content (AvgIpc) is 2.58. The molecule has 2 aromatic carbocycles. The van der Waals surface area contributed by atoms with Gasteiger partial charge in [0.2, 0.25) is 0 Å². The zero-order chi connectivity index (χ0) is 17.1. The van der Waals surface area contributed by atoms with E-state index in [0.717, 1.165) is 43.9 Å². The van der Waals surface area contributed by atoms with E-state index in [2.05, 4.69) is 41.1 Å². The number of nitrogens with one attached hydrogen (secondary N) is 1. The number of rotatable bonds is 5. The lowest BCUT2D eigenvalue weighted by molar-refractivity contribution is 0.243. The van der Waals surface area contributed by atoms with Crippen LogP contribution >= 0.6 is 11.6 Å². The van der Waals surface area contributed by atoms with Crippen molar-refractivity contribution in [2.75, 3.05) is 6.54 Å². The molecule has 0 unspecified atom stereocenters. The van der Waals surface area contributed by atoms with Gasteiger partial charge in [0.1, 0.15) is 5.75 Å². The second-order valence-corrected chi connectivity index (χ2v) is 6.85. The Labute approximate surface area is 148 Å². The van der Waals surface area contributed by atoms with E-state index in [-0.39, 0.29) is 5.75 Å². The number of benzene rings is 2. The Balaban J connectivity index is 1.63. The Kier molecular flexibility index (Phi) is 5.12. The van der Waals surface area contributed by atoms with Crippen LogP contribution in [0.1, 0.15) is 29.2 Å². The van der Waals surface area contributed by atoms with Gasteiger partial charge in [-0.05, 0) is 36.1 Å². The van der Waals surface area contributed by atoms with Gasteiger partial charge >= 0.3 is 0 Å². The van der Waals surface area contributed by atoms with E-state index < -0.39 is 0 Å². The van der Waals surface area contributed by atoms with Crippen molar-refractivity contribution in [3.8, 4) is 5.75 Å². The largest absolute Gasteiger partial charge is 0.506 e. The van der Waals surface area contributed by atoms with Crippen molar-refractivity contribution in [2.24, 2.45) is 0 Å². The molecule has 0 amide bonds. The van der Waals surface area contributed by atoms with Gasteiger partial charge in [-0.2, -0.15) is 0 Å². The minimum atomic E-state index is 0.253. The molecule has 3 rings (SSSR count). The highest BCUT2D eigenvalue weighted by atomic mass is 35.5. The molecule has 0 bridgehead atoms. The van der Waals surface area contributed by atoms with E-state index in [4.69, 9.17) is 11.6 Å². The first-order valence-corrected chi connectivity index (χ1v) is 8.59. The van der Waals surface area contributed by atoms with Crippen LogP contribution in [0.2, 0.25) is 5.02 Å². The molecule has 2 N–H and O–H groups in total. The van der Waals surface area contributed by atoms with Crippen LogP contribution in [0.15, 0.2) is 48.7 Å². The molecule has 126 valence electrons. The summed E-state index contributed by atoms with van der Waals surface area (Å²) in [6.07, 6.45) is 0.836. The second kappa shape index (κ2) is 7.29. The zero-order valence-corrected chi connectivity index (χ0v) is 14.7. The summed E-state index contributed by atoms with van der Waals surface area (Å²) in [5.41, 5.74) is 5.71. The molecule has 3 nitrogen and oxygen atoms in total. The van der Waals surface area contributed by atoms with Crippen molar-refractivity contribution < 1.29 is 5.11 Å². The first kappa shape index (κ1) is 16.9. The van der Waals surface area contributed by atoms with Crippen molar-refractivity contribution >= 4 is 11.6 Å². The molecule has 1 aliphatic heterocycles. The highest BCUT2D eigenvalue weighted by Gasteiger charge is 2.20. The number of allylic oxidation sites excluding steroid dienone is 1. The van der Waals surface area contributed by atoms with E-state index in [9.17, 15) is 5.11 Å². The lowest BCUT2D eigenvalue weighted by atomic mass is 9.98. The van der Waals surface area contributed by atoms with Crippen LogP contribution in [0.3, 0.4) is 0 Å². The smallest absolute Gasteiger partial charge is 0.137 e. The normalized spacial score (nSPS) is 14.2. The Bertz CT molecular complexity index is 740. The van der Waals surface area contributed by atoms with Crippen LogP contribution in [0, 0.1) is 0 Å². The van der Waals surface area contributed by atoms with Crippen molar-refractivity contribution in [3.05, 3.63) is 76.0 Å². The summed E-state index contributed by atoms with van der Waals surface area (Å²) in [5, 5.41) is 13.8. The molecule has 24 heavy (non-hydrogen) atoms. The van der Waals surface area contributed by atoms with Gasteiger partial charge < -0.3 is 10.4 Å². The highest BCUT2D eigenvalue weighted by Crippen LogP contribution is 2.33. The molecule has 0 atom stereocenters. The molecule has 0 fully saturated rings. The highest BCUT2D eigenvalue weighted by molar-refractivity contribution is 6.32. The fraction of sp³-hybridized carbons (Fsp3) is 0.300. The number of halogens is 1. The fourth-order valence-electron chi connectivity index (χ4n) is 3.08. The summed E-state index contributed by atoms with van der Waals surface area (Å²) in [5.74, 6) is 0.253. The van der Waals surface area contributed by atoms with Crippen LogP contribution in [0.5, 0.6) is 5.75 Å². The number of nitrogens with zero attached hydrogens (tertiary/aromatic N) is 1. The minimum Gasteiger partial charge on any atom is -0.506 e. The first-order chi connectivity index (χ1) is 11.5. The van der Waals surface area contributed by atoms with Crippen molar-refractivity contribution in [3.63, 3.8) is 0 Å². The monoisotopic (exact) mass is 342 g/mol. The number of aromatic hydroxyl groups is 1. The van der Waals surface area contributed by atoms with E-state index in [0.29, 0.717) is 5.02 Å².